The Hall–Kier alpha value is -4.02. The van der Waals surface area contributed by atoms with Gasteiger partial charge < -0.3 is 20.4 Å². The Balaban J connectivity index is 1.82. The van der Waals surface area contributed by atoms with Gasteiger partial charge in [0, 0.05) is 29.6 Å². The number of rotatable bonds is 6. The number of carboxylic acid groups (broad SMARTS) is 1. The Morgan fingerprint density at radius 3 is 2.31 bits per heavy atom. The van der Waals surface area contributed by atoms with E-state index >= 15 is 0 Å². The van der Waals surface area contributed by atoms with Gasteiger partial charge in [0.05, 0.1) is 17.1 Å². The molecule has 0 bridgehead atoms. The third kappa shape index (κ3) is 5.14. The van der Waals surface area contributed by atoms with Gasteiger partial charge in [-0.3, -0.25) is 0 Å². The largest absolute Gasteiger partial charge is 0.545 e. The number of pyridine rings is 1. The molecule has 3 aromatic rings. The highest BCUT2D eigenvalue weighted by Crippen LogP contribution is 2.44. The number of allylic oxidation sites excluding steroid dienone is 2. The van der Waals surface area contributed by atoms with Crippen LogP contribution in [0.15, 0.2) is 42.6 Å². The van der Waals surface area contributed by atoms with Crippen molar-refractivity contribution in [3.63, 3.8) is 0 Å². The lowest BCUT2D eigenvalue weighted by atomic mass is 9.95. The molecule has 1 aliphatic rings. The average Bonchev–Trinajstić information content (AvgIpc) is 3.27. The topological polar surface area (TPSA) is 88.3 Å². The number of anilines is 1. The molecule has 188 valence electrons. The van der Waals surface area contributed by atoms with Gasteiger partial charge in [-0.25, -0.2) is 18.2 Å². The van der Waals surface area contributed by atoms with Gasteiger partial charge in [0.1, 0.15) is 24.1 Å². The maximum Gasteiger partial charge on any atom is 0.417 e. The van der Waals surface area contributed by atoms with Gasteiger partial charge in [-0.1, -0.05) is 0 Å². The Kier molecular flexibility index (Phi) is 6.66. The summed E-state index contributed by atoms with van der Waals surface area (Å²) in [5.41, 5.74) is 5.24. The molecule has 36 heavy (non-hydrogen) atoms. The zero-order chi connectivity index (χ0) is 26.2. The predicted octanol–water partition coefficient (Wildman–Crippen LogP) is 5.14. The smallest absolute Gasteiger partial charge is 0.417 e. The van der Waals surface area contributed by atoms with Crippen LogP contribution in [0.1, 0.15) is 51.9 Å². The highest BCUT2D eigenvalue weighted by Gasteiger charge is 2.33. The van der Waals surface area contributed by atoms with Crippen molar-refractivity contribution < 1.29 is 41.0 Å². The summed E-state index contributed by atoms with van der Waals surface area (Å²) < 4.78 is 87.2. The van der Waals surface area contributed by atoms with Gasteiger partial charge in [-0.2, -0.15) is 13.2 Å². The monoisotopic (exact) mass is 507 g/mol. The van der Waals surface area contributed by atoms with Gasteiger partial charge in [0.15, 0.2) is 0 Å². The van der Waals surface area contributed by atoms with Crippen LogP contribution >= 0.6 is 0 Å². The first-order valence-corrected chi connectivity index (χ1v) is 10.6. The summed E-state index contributed by atoms with van der Waals surface area (Å²) in [6.07, 6.45) is -3.00. The molecule has 0 saturated carbocycles. The van der Waals surface area contributed by atoms with Crippen LogP contribution in [0.25, 0.3) is 11.1 Å². The SMILES string of the molecule is Nc1cc(C(=O)[O-])cc(C2=C(c3cc(C(F)(F)F)cnc3OCc3c(F)cc(F)cc3F)CCC2)c1. The standard InChI is InChI=1S/C25H18F6N2O3/c26-15-8-21(27)20(22(28)9-15)11-36-23-19(7-14(10-33-23)25(29,30)31)18-3-1-2-17(18)12-4-13(24(34)35)6-16(32)5-12/h4-10H,1-3,11,32H2,(H,34,35)/p-1. The number of nitrogens with two attached hydrogens (primary N) is 1. The van der Waals surface area contributed by atoms with Gasteiger partial charge >= 0.3 is 6.18 Å². The minimum Gasteiger partial charge on any atom is -0.545 e. The number of carbonyl (C=O) groups is 1. The number of aromatic nitrogens is 1. The lowest BCUT2D eigenvalue weighted by Gasteiger charge is -2.17. The third-order valence-corrected chi connectivity index (χ3v) is 5.72. The van der Waals surface area contributed by atoms with Crippen molar-refractivity contribution in [2.75, 3.05) is 5.73 Å². The van der Waals surface area contributed by atoms with Crippen molar-refractivity contribution in [1.82, 2.24) is 4.98 Å². The molecule has 0 saturated heterocycles. The van der Waals surface area contributed by atoms with E-state index in [0.717, 1.165) is 6.07 Å². The normalized spacial score (nSPS) is 13.8. The lowest BCUT2D eigenvalue weighted by Crippen LogP contribution is -2.22. The van der Waals surface area contributed by atoms with Crippen LogP contribution in [-0.2, 0) is 12.8 Å². The summed E-state index contributed by atoms with van der Waals surface area (Å²) >= 11 is 0. The van der Waals surface area contributed by atoms with Crippen molar-refractivity contribution >= 4 is 22.8 Å². The fourth-order valence-corrected chi connectivity index (χ4v) is 4.09. The lowest BCUT2D eigenvalue weighted by molar-refractivity contribution is -0.255. The molecule has 11 heteroatoms. The van der Waals surface area contributed by atoms with Gasteiger partial charge in [-0.05, 0) is 65.8 Å². The van der Waals surface area contributed by atoms with Crippen LogP contribution in [0.5, 0.6) is 5.88 Å². The Morgan fingerprint density at radius 2 is 1.67 bits per heavy atom. The fourth-order valence-electron chi connectivity index (χ4n) is 4.09. The molecule has 0 amide bonds. The summed E-state index contributed by atoms with van der Waals surface area (Å²) in [6, 6.07) is 5.70. The first kappa shape index (κ1) is 25.1. The van der Waals surface area contributed by atoms with Crippen LogP contribution in [0, 0.1) is 17.5 Å². The second kappa shape index (κ2) is 9.56. The zero-order valence-corrected chi connectivity index (χ0v) is 18.4. The second-order valence-electron chi connectivity index (χ2n) is 8.15. The zero-order valence-electron chi connectivity index (χ0n) is 18.4. The maximum atomic E-state index is 14.1. The minimum absolute atomic E-state index is 0.0716. The number of carbonyl (C=O) groups excluding carboxylic acids is 1. The Bertz CT molecular complexity index is 1360. The van der Waals surface area contributed by atoms with E-state index in [0.29, 0.717) is 54.3 Å². The predicted molar refractivity (Wildman–Crippen MR) is 116 cm³/mol. The minimum atomic E-state index is -4.74. The van der Waals surface area contributed by atoms with Crippen molar-refractivity contribution in [3.8, 4) is 5.88 Å². The highest BCUT2D eigenvalue weighted by atomic mass is 19.4. The number of hydrogen-bond donors (Lipinski definition) is 1. The molecule has 5 nitrogen and oxygen atoms in total. The molecule has 0 unspecified atom stereocenters. The summed E-state index contributed by atoms with van der Waals surface area (Å²) in [7, 11) is 0. The van der Waals surface area contributed by atoms with E-state index < -0.39 is 47.3 Å². The summed E-state index contributed by atoms with van der Waals surface area (Å²) in [5.74, 6) is -5.39. The molecule has 1 aromatic heterocycles. The molecule has 2 aromatic carbocycles. The van der Waals surface area contributed by atoms with Crippen LogP contribution in [0.4, 0.5) is 32.0 Å². The number of aromatic carboxylic acids is 1. The fraction of sp³-hybridized carbons (Fsp3) is 0.200. The number of halogens is 6. The molecule has 1 heterocycles. The van der Waals surface area contributed by atoms with E-state index in [-0.39, 0.29) is 22.7 Å². The number of nitrogen functional groups attached to an aromatic ring is 1. The highest BCUT2D eigenvalue weighted by molar-refractivity contribution is 5.96. The van der Waals surface area contributed by atoms with Gasteiger partial charge in [-0.15, -0.1) is 0 Å². The van der Waals surface area contributed by atoms with E-state index in [9.17, 15) is 36.2 Å². The average molecular weight is 507 g/mol. The number of nitrogens with zero attached hydrogens (tertiary/aromatic N) is 1. The number of ether oxygens (including phenoxy) is 1. The quantitative estimate of drug-likeness (QED) is 0.369. The molecule has 2 N–H and O–H groups in total. The first-order valence-electron chi connectivity index (χ1n) is 10.6. The van der Waals surface area contributed by atoms with E-state index in [1.54, 1.807) is 0 Å². The van der Waals surface area contributed by atoms with Gasteiger partial charge in [0.2, 0.25) is 5.88 Å². The van der Waals surface area contributed by atoms with Crippen molar-refractivity contribution in [2.24, 2.45) is 0 Å². The van der Waals surface area contributed by atoms with Crippen molar-refractivity contribution in [1.29, 1.82) is 0 Å². The number of benzene rings is 2. The Labute approximate surface area is 200 Å². The van der Waals surface area contributed by atoms with E-state index in [2.05, 4.69) is 4.98 Å². The van der Waals surface area contributed by atoms with Crippen molar-refractivity contribution in [3.05, 3.63) is 87.9 Å². The number of alkyl halides is 3. The maximum absolute atomic E-state index is 14.1. The van der Waals surface area contributed by atoms with Crippen molar-refractivity contribution in [2.45, 2.75) is 32.0 Å². The number of carboxylic acids is 1. The van der Waals surface area contributed by atoms with Crippen LogP contribution < -0.4 is 15.6 Å². The molecule has 0 spiro atoms. The van der Waals surface area contributed by atoms with Gasteiger partial charge in [0.25, 0.3) is 0 Å². The van der Waals surface area contributed by atoms with E-state index in [1.165, 1.54) is 18.2 Å². The molecule has 1 aliphatic carbocycles. The summed E-state index contributed by atoms with van der Waals surface area (Å²) in [5, 5.41) is 11.4. The Morgan fingerprint density at radius 1 is 1.00 bits per heavy atom. The second-order valence-corrected chi connectivity index (χ2v) is 8.15. The first-order chi connectivity index (χ1) is 16.9. The van der Waals surface area contributed by atoms with Crippen LogP contribution in [0.3, 0.4) is 0 Å². The molecule has 4 rings (SSSR count). The van der Waals surface area contributed by atoms with E-state index in [1.807, 2.05) is 0 Å². The summed E-state index contributed by atoms with van der Waals surface area (Å²) in [6.45, 7) is -0.765. The van der Waals surface area contributed by atoms with E-state index in [4.69, 9.17) is 10.5 Å². The van der Waals surface area contributed by atoms with Crippen LogP contribution in [0.2, 0.25) is 0 Å². The molecule has 0 radical (unpaired) electrons. The third-order valence-electron chi connectivity index (χ3n) is 5.72. The number of hydrogen-bond acceptors (Lipinski definition) is 5. The summed E-state index contributed by atoms with van der Waals surface area (Å²) in [4.78, 5) is 15.1. The molecular weight excluding hydrogens is 490 g/mol. The van der Waals surface area contributed by atoms with Crippen LogP contribution in [-0.4, -0.2) is 11.0 Å². The molecular formula is C25H17F6N2O3-. The molecule has 0 atom stereocenters. The molecule has 0 aliphatic heterocycles. The molecule has 0 fully saturated rings.